The number of benzene rings is 1. The fourth-order valence-electron chi connectivity index (χ4n) is 1.76. The molecule has 98 valence electrons. The van der Waals surface area contributed by atoms with Gasteiger partial charge in [-0.25, -0.2) is 14.4 Å². The topological polar surface area (TPSA) is 46.1 Å². The Morgan fingerprint density at radius 2 is 2.21 bits per heavy atom. The summed E-state index contributed by atoms with van der Waals surface area (Å²) in [6.45, 7) is 0.409. The maximum atomic E-state index is 13.1. The average molecular weight is 280 g/mol. The SMILES string of the molecule is CN(Cc1cccc(F)c1)c1ncnc(Cl)c1C=O. The van der Waals surface area contributed by atoms with Gasteiger partial charge in [0.1, 0.15) is 23.1 Å². The lowest BCUT2D eigenvalue weighted by Crippen LogP contribution is -2.20. The van der Waals surface area contributed by atoms with Crippen molar-refractivity contribution in [1.82, 2.24) is 9.97 Å². The van der Waals surface area contributed by atoms with Crippen molar-refractivity contribution in [2.45, 2.75) is 6.54 Å². The van der Waals surface area contributed by atoms with Crippen molar-refractivity contribution in [2.24, 2.45) is 0 Å². The molecule has 0 saturated carbocycles. The molecule has 0 fully saturated rings. The summed E-state index contributed by atoms with van der Waals surface area (Å²) < 4.78 is 13.1. The molecule has 0 aliphatic carbocycles. The van der Waals surface area contributed by atoms with E-state index in [1.165, 1.54) is 18.5 Å². The van der Waals surface area contributed by atoms with Gasteiger partial charge in [0.25, 0.3) is 0 Å². The molecular weight excluding hydrogens is 269 g/mol. The lowest BCUT2D eigenvalue weighted by Gasteiger charge is -2.19. The fraction of sp³-hybridized carbons (Fsp3) is 0.154. The number of rotatable bonds is 4. The number of aromatic nitrogens is 2. The maximum Gasteiger partial charge on any atom is 0.156 e. The molecule has 0 atom stereocenters. The van der Waals surface area contributed by atoms with E-state index in [0.29, 0.717) is 18.6 Å². The molecular formula is C13H11ClFN3O. The van der Waals surface area contributed by atoms with Crippen LogP contribution in [0.2, 0.25) is 5.15 Å². The molecule has 0 saturated heterocycles. The minimum atomic E-state index is -0.303. The molecule has 0 amide bonds. The third kappa shape index (κ3) is 3.06. The number of hydrogen-bond donors (Lipinski definition) is 0. The van der Waals surface area contributed by atoms with Crippen molar-refractivity contribution in [3.05, 3.63) is 52.7 Å². The normalized spacial score (nSPS) is 10.3. The first-order chi connectivity index (χ1) is 9.11. The lowest BCUT2D eigenvalue weighted by molar-refractivity contribution is 0.112. The minimum absolute atomic E-state index is 0.103. The van der Waals surface area contributed by atoms with Crippen LogP contribution in [-0.2, 0) is 6.54 Å². The molecule has 6 heteroatoms. The van der Waals surface area contributed by atoms with E-state index in [9.17, 15) is 9.18 Å². The van der Waals surface area contributed by atoms with Gasteiger partial charge in [-0.2, -0.15) is 0 Å². The summed E-state index contributed by atoms with van der Waals surface area (Å²) in [6, 6.07) is 6.23. The molecule has 2 aromatic rings. The standard InChI is InChI=1S/C13H11ClFN3O/c1-18(6-9-3-2-4-10(15)5-9)13-11(7-19)12(14)16-8-17-13/h2-5,7-8H,6H2,1H3. The first kappa shape index (κ1) is 13.4. The highest BCUT2D eigenvalue weighted by Gasteiger charge is 2.13. The summed E-state index contributed by atoms with van der Waals surface area (Å²) in [5, 5.41) is 0.103. The highest BCUT2D eigenvalue weighted by atomic mass is 35.5. The number of carbonyl (C=O) groups excluding carboxylic acids is 1. The van der Waals surface area contributed by atoms with Crippen LogP contribution in [0.1, 0.15) is 15.9 Å². The Balaban J connectivity index is 2.27. The average Bonchev–Trinajstić information content (AvgIpc) is 2.38. The number of anilines is 1. The molecule has 2 rings (SSSR count). The van der Waals surface area contributed by atoms with E-state index in [2.05, 4.69) is 9.97 Å². The van der Waals surface area contributed by atoms with Crippen LogP contribution in [0.4, 0.5) is 10.2 Å². The van der Waals surface area contributed by atoms with Crippen molar-refractivity contribution < 1.29 is 9.18 Å². The number of nitrogens with zero attached hydrogens (tertiary/aromatic N) is 3. The van der Waals surface area contributed by atoms with Gasteiger partial charge >= 0.3 is 0 Å². The zero-order valence-electron chi connectivity index (χ0n) is 10.2. The Morgan fingerprint density at radius 1 is 1.42 bits per heavy atom. The third-order valence-corrected chi connectivity index (χ3v) is 2.90. The number of halogens is 2. The zero-order valence-corrected chi connectivity index (χ0v) is 10.9. The summed E-state index contributed by atoms with van der Waals surface area (Å²) in [5.74, 6) is 0.112. The quantitative estimate of drug-likeness (QED) is 0.638. The Labute approximate surface area is 114 Å². The molecule has 1 heterocycles. The van der Waals surface area contributed by atoms with Crippen molar-refractivity contribution in [2.75, 3.05) is 11.9 Å². The van der Waals surface area contributed by atoms with Crippen molar-refractivity contribution in [1.29, 1.82) is 0 Å². The largest absolute Gasteiger partial charge is 0.355 e. The van der Waals surface area contributed by atoms with Gasteiger partial charge in [0, 0.05) is 13.6 Å². The Bertz CT molecular complexity index is 606. The van der Waals surface area contributed by atoms with Crippen molar-refractivity contribution in [3.63, 3.8) is 0 Å². The highest BCUT2D eigenvalue weighted by Crippen LogP contribution is 2.21. The van der Waals surface area contributed by atoms with Gasteiger partial charge in [-0.3, -0.25) is 4.79 Å². The van der Waals surface area contributed by atoms with E-state index in [0.717, 1.165) is 5.56 Å². The van der Waals surface area contributed by atoms with Crippen LogP contribution in [-0.4, -0.2) is 23.3 Å². The van der Waals surface area contributed by atoms with Gasteiger partial charge in [0.15, 0.2) is 6.29 Å². The first-order valence-corrected chi connectivity index (χ1v) is 5.91. The maximum absolute atomic E-state index is 13.1. The summed E-state index contributed by atoms with van der Waals surface area (Å²) in [6.07, 6.45) is 1.90. The van der Waals surface area contributed by atoms with E-state index < -0.39 is 0 Å². The molecule has 0 unspecified atom stereocenters. The molecule has 1 aromatic heterocycles. The predicted octanol–water partition coefficient (Wildman–Crippen LogP) is 2.72. The molecule has 1 aromatic carbocycles. The predicted molar refractivity (Wildman–Crippen MR) is 70.9 cm³/mol. The van der Waals surface area contributed by atoms with Gasteiger partial charge in [0.05, 0.1) is 5.56 Å². The van der Waals surface area contributed by atoms with Gasteiger partial charge in [0.2, 0.25) is 0 Å². The molecule has 0 radical (unpaired) electrons. The summed E-state index contributed by atoms with van der Waals surface area (Å²) in [4.78, 5) is 20.5. The zero-order chi connectivity index (χ0) is 13.8. The second kappa shape index (κ2) is 5.75. The van der Waals surface area contributed by atoms with E-state index in [4.69, 9.17) is 11.6 Å². The number of carbonyl (C=O) groups is 1. The Morgan fingerprint density at radius 3 is 2.89 bits per heavy atom. The number of hydrogen-bond acceptors (Lipinski definition) is 4. The van der Waals surface area contributed by atoms with Crippen LogP contribution in [0.15, 0.2) is 30.6 Å². The molecule has 4 nitrogen and oxygen atoms in total. The van der Waals surface area contributed by atoms with Crippen LogP contribution in [0.5, 0.6) is 0 Å². The van der Waals surface area contributed by atoms with E-state index >= 15 is 0 Å². The van der Waals surface area contributed by atoms with Crippen molar-refractivity contribution >= 4 is 23.7 Å². The fourth-order valence-corrected chi connectivity index (χ4v) is 1.93. The lowest BCUT2D eigenvalue weighted by atomic mass is 10.2. The molecule has 19 heavy (non-hydrogen) atoms. The van der Waals surface area contributed by atoms with Crippen LogP contribution in [0.3, 0.4) is 0 Å². The van der Waals surface area contributed by atoms with Crippen molar-refractivity contribution in [3.8, 4) is 0 Å². The smallest absolute Gasteiger partial charge is 0.156 e. The Hall–Kier alpha value is -2.01. The first-order valence-electron chi connectivity index (χ1n) is 5.53. The molecule has 0 spiro atoms. The van der Waals surface area contributed by atoms with Gasteiger partial charge in [-0.05, 0) is 17.7 Å². The third-order valence-electron chi connectivity index (χ3n) is 2.60. The molecule has 0 aliphatic heterocycles. The van der Waals surface area contributed by atoms with E-state index in [-0.39, 0.29) is 16.5 Å². The molecule has 0 N–H and O–H groups in total. The van der Waals surface area contributed by atoms with Crippen LogP contribution >= 0.6 is 11.6 Å². The summed E-state index contributed by atoms with van der Waals surface area (Å²) >= 11 is 5.83. The second-order valence-corrected chi connectivity index (χ2v) is 4.36. The van der Waals surface area contributed by atoms with E-state index in [1.807, 2.05) is 0 Å². The van der Waals surface area contributed by atoms with E-state index in [1.54, 1.807) is 24.1 Å². The molecule has 0 aliphatic rings. The minimum Gasteiger partial charge on any atom is -0.355 e. The summed E-state index contributed by atoms with van der Waals surface area (Å²) in [7, 11) is 1.75. The monoisotopic (exact) mass is 279 g/mol. The molecule has 0 bridgehead atoms. The second-order valence-electron chi connectivity index (χ2n) is 4.01. The van der Waals surface area contributed by atoms with Crippen LogP contribution < -0.4 is 4.90 Å². The van der Waals surface area contributed by atoms with Gasteiger partial charge in [-0.15, -0.1) is 0 Å². The highest BCUT2D eigenvalue weighted by molar-refractivity contribution is 6.32. The van der Waals surface area contributed by atoms with Gasteiger partial charge < -0.3 is 4.90 Å². The number of aldehydes is 1. The van der Waals surface area contributed by atoms with Crippen LogP contribution in [0.25, 0.3) is 0 Å². The summed E-state index contributed by atoms with van der Waals surface area (Å²) in [5.41, 5.74) is 0.997. The Kier molecular flexibility index (Phi) is 4.06. The van der Waals surface area contributed by atoms with Gasteiger partial charge in [-0.1, -0.05) is 23.7 Å². The van der Waals surface area contributed by atoms with Crippen LogP contribution in [0, 0.1) is 5.82 Å².